The minimum atomic E-state index is -5.01. The second-order valence-corrected chi connectivity index (χ2v) is 6.55. The molecule has 0 spiro atoms. The van der Waals surface area contributed by atoms with Crippen LogP contribution in [-0.2, 0) is 31.1 Å². The monoisotopic (exact) mass is 377 g/mol. The van der Waals surface area contributed by atoms with E-state index in [1.54, 1.807) is 30.3 Å². The number of benzene rings is 1. The van der Waals surface area contributed by atoms with Crippen LogP contribution in [0.4, 0.5) is 0 Å². The van der Waals surface area contributed by atoms with Crippen LogP contribution < -0.4 is 40.2 Å². The van der Waals surface area contributed by atoms with Gasteiger partial charge in [0.25, 0.3) is 5.91 Å². The summed E-state index contributed by atoms with van der Waals surface area (Å²) >= 11 is 0. The molecule has 1 heterocycles. The normalized spacial score (nSPS) is 19.4. The van der Waals surface area contributed by atoms with Crippen molar-refractivity contribution in [3.8, 4) is 0 Å². The van der Waals surface area contributed by atoms with E-state index in [2.05, 4.69) is 10.6 Å². The van der Waals surface area contributed by atoms with Crippen molar-refractivity contribution in [1.82, 2.24) is 14.9 Å². The SMILES string of the molecule is CC(=O)NC[C@H]1[C@@H](NC(=O)Cc2ccccc2)C(=O)N1S(=O)(=O)[O-].[Na+]. The summed E-state index contributed by atoms with van der Waals surface area (Å²) in [5.74, 6) is -1.95. The molecule has 2 atom stereocenters. The summed E-state index contributed by atoms with van der Waals surface area (Å²) in [4.78, 5) is 34.8. The summed E-state index contributed by atoms with van der Waals surface area (Å²) in [5.41, 5.74) is 0.716. The number of nitrogens with zero attached hydrogens (tertiary/aromatic N) is 1. The van der Waals surface area contributed by atoms with Crippen LogP contribution in [0, 0.1) is 0 Å². The molecule has 0 aromatic heterocycles. The molecule has 25 heavy (non-hydrogen) atoms. The second-order valence-electron chi connectivity index (χ2n) is 5.30. The first kappa shape index (κ1) is 21.6. The molecule has 0 bridgehead atoms. The van der Waals surface area contributed by atoms with Crippen LogP contribution in [0.5, 0.6) is 0 Å². The smallest absolute Gasteiger partial charge is 0.731 e. The van der Waals surface area contributed by atoms with Crippen molar-refractivity contribution in [2.75, 3.05) is 6.54 Å². The Morgan fingerprint density at radius 2 is 1.84 bits per heavy atom. The fourth-order valence-corrected chi connectivity index (χ4v) is 3.27. The minimum absolute atomic E-state index is 0. The summed E-state index contributed by atoms with van der Waals surface area (Å²) in [7, 11) is -5.01. The van der Waals surface area contributed by atoms with E-state index in [-0.39, 0.29) is 46.8 Å². The van der Waals surface area contributed by atoms with Gasteiger partial charge in [0.05, 0.1) is 12.5 Å². The van der Waals surface area contributed by atoms with Crippen molar-refractivity contribution in [3.63, 3.8) is 0 Å². The van der Waals surface area contributed by atoms with Gasteiger partial charge in [-0.05, 0) is 5.56 Å². The largest absolute Gasteiger partial charge is 1.00 e. The van der Waals surface area contributed by atoms with Gasteiger partial charge in [0.15, 0.2) is 10.3 Å². The van der Waals surface area contributed by atoms with E-state index in [4.69, 9.17) is 0 Å². The second kappa shape index (κ2) is 8.77. The van der Waals surface area contributed by atoms with Gasteiger partial charge in [-0.25, -0.2) is 12.7 Å². The zero-order valence-electron chi connectivity index (χ0n) is 13.8. The maximum atomic E-state index is 12.0. The summed E-state index contributed by atoms with van der Waals surface area (Å²) < 4.78 is 33.5. The number of carbonyl (C=O) groups excluding carboxylic acids is 3. The van der Waals surface area contributed by atoms with Crippen molar-refractivity contribution >= 4 is 28.0 Å². The van der Waals surface area contributed by atoms with Crippen molar-refractivity contribution in [2.24, 2.45) is 0 Å². The van der Waals surface area contributed by atoms with Crippen molar-refractivity contribution < 1.29 is 56.9 Å². The van der Waals surface area contributed by atoms with E-state index in [0.29, 0.717) is 5.56 Å². The van der Waals surface area contributed by atoms with Crippen LogP contribution >= 0.6 is 0 Å². The van der Waals surface area contributed by atoms with E-state index in [1.807, 2.05) is 0 Å². The van der Waals surface area contributed by atoms with Crippen molar-refractivity contribution in [2.45, 2.75) is 25.4 Å². The average Bonchev–Trinajstić information content (AvgIpc) is 2.48. The Hall–Kier alpha value is -1.46. The third kappa shape index (κ3) is 5.51. The molecule has 1 fully saturated rings. The number of hydrogen-bond donors (Lipinski definition) is 2. The fraction of sp³-hybridized carbons (Fsp3) is 0.357. The predicted octanol–water partition coefficient (Wildman–Crippen LogP) is -4.47. The number of carbonyl (C=O) groups is 3. The molecule has 2 N–H and O–H groups in total. The molecule has 1 aliphatic rings. The Bertz CT molecular complexity index is 755. The topological polar surface area (TPSA) is 136 Å². The van der Waals surface area contributed by atoms with Gasteiger partial charge in [-0.2, -0.15) is 0 Å². The van der Waals surface area contributed by atoms with Crippen molar-refractivity contribution in [3.05, 3.63) is 35.9 Å². The maximum Gasteiger partial charge on any atom is 1.00 e. The number of rotatable bonds is 6. The van der Waals surface area contributed by atoms with Gasteiger partial charge in [0, 0.05) is 13.5 Å². The molecule has 1 saturated heterocycles. The molecule has 3 amide bonds. The summed E-state index contributed by atoms with van der Waals surface area (Å²) in [5, 5.41) is 4.74. The van der Waals surface area contributed by atoms with Gasteiger partial charge < -0.3 is 15.2 Å². The van der Waals surface area contributed by atoms with Gasteiger partial charge in [0.2, 0.25) is 11.8 Å². The number of amides is 3. The molecular weight excluding hydrogens is 361 g/mol. The van der Waals surface area contributed by atoms with Crippen LogP contribution in [0.25, 0.3) is 0 Å². The molecule has 1 aromatic rings. The molecule has 9 nitrogen and oxygen atoms in total. The Balaban J connectivity index is 0.00000312. The van der Waals surface area contributed by atoms with Gasteiger partial charge in [-0.15, -0.1) is 0 Å². The predicted molar refractivity (Wildman–Crippen MR) is 81.1 cm³/mol. The summed E-state index contributed by atoms with van der Waals surface area (Å²) in [6, 6.07) is 6.44. The molecule has 1 aliphatic heterocycles. The Morgan fingerprint density at radius 1 is 1.24 bits per heavy atom. The first-order valence-corrected chi connectivity index (χ1v) is 8.43. The zero-order chi connectivity index (χ0) is 17.9. The Kier molecular flexibility index (Phi) is 7.57. The van der Waals surface area contributed by atoms with Crippen LogP contribution in [0.15, 0.2) is 30.3 Å². The maximum absolute atomic E-state index is 12.0. The van der Waals surface area contributed by atoms with E-state index in [1.165, 1.54) is 6.92 Å². The van der Waals surface area contributed by atoms with E-state index in [9.17, 15) is 27.4 Å². The summed E-state index contributed by atoms with van der Waals surface area (Å²) in [6.45, 7) is 0.957. The first-order chi connectivity index (χ1) is 11.2. The van der Waals surface area contributed by atoms with Crippen molar-refractivity contribution in [1.29, 1.82) is 0 Å². The van der Waals surface area contributed by atoms with E-state index in [0.717, 1.165) is 0 Å². The molecule has 0 saturated carbocycles. The zero-order valence-corrected chi connectivity index (χ0v) is 16.6. The number of nitrogens with one attached hydrogen (secondary N) is 2. The van der Waals surface area contributed by atoms with Gasteiger partial charge in [-0.1, -0.05) is 30.3 Å². The number of hydrogen-bond acceptors (Lipinski definition) is 6. The Labute approximate surface area is 167 Å². The molecule has 0 unspecified atom stereocenters. The van der Waals surface area contributed by atoms with Gasteiger partial charge >= 0.3 is 29.6 Å². The average molecular weight is 377 g/mol. The minimum Gasteiger partial charge on any atom is -0.731 e. The van der Waals surface area contributed by atoms with Gasteiger partial charge in [0.1, 0.15) is 6.04 Å². The molecule has 0 aliphatic carbocycles. The standard InChI is InChI=1S/C14H17N3O6S.Na/c1-9(18)15-8-11-13(14(20)17(11)24(21,22)23)16-12(19)7-10-5-3-2-4-6-10;/h2-6,11,13H,7-8H2,1H3,(H,15,18)(H,16,19)(H,21,22,23);/q;+1/p-1/t11-,13+;/m0./s1. The van der Waals surface area contributed by atoms with Crippen LogP contribution in [0.2, 0.25) is 0 Å². The fourth-order valence-electron chi connectivity index (χ4n) is 2.41. The van der Waals surface area contributed by atoms with Gasteiger partial charge in [-0.3, -0.25) is 14.4 Å². The molecule has 2 rings (SSSR count). The molecular formula is C14H16N3NaO6S. The van der Waals surface area contributed by atoms with Crippen LogP contribution in [-0.4, -0.2) is 53.6 Å². The van der Waals surface area contributed by atoms with E-state index >= 15 is 0 Å². The number of β-lactam (4-membered cyclic amide) rings is 1. The van der Waals surface area contributed by atoms with Crippen LogP contribution in [0.1, 0.15) is 12.5 Å². The Morgan fingerprint density at radius 3 is 2.36 bits per heavy atom. The molecule has 1 aromatic carbocycles. The molecule has 11 heteroatoms. The third-order valence-corrected chi connectivity index (χ3v) is 4.43. The van der Waals surface area contributed by atoms with E-state index < -0.39 is 40.1 Å². The quantitative estimate of drug-likeness (QED) is 0.292. The van der Waals surface area contributed by atoms with Crippen LogP contribution in [0.3, 0.4) is 0 Å². The molecule has 130 valence electrons. The molecule has 0 radical (unpaired) electrons. The third-order valence-electron chi connectivity index (χ3n) is 3.49. The summed E-state index contributed by atoms with van der Waals surface area (Å²) in [6.07, 6.45) is 0.00159. The first-order valence-electron chi connectivity index (χ1n) is 7.07.